The normalized spacial score (nSPS) is 27.3. The average molecular weight is 311 g/mol. The number of benzene rings is 1. The summed E-state index contributed by atoms with van der Waals surface area (Å²) in [7, 11) is 1.58. The summed E-state index contributed by atoms with van der Waals surface area (Å²) < 4.78 is 26.4. The molecule has 2 aliphatic rings. The lowest BCUT2D eigenvalue weighted by Gasteiger charge is -2.21. The first kappa shape index (κ1) is 14.7. The Morgan fingerprint density at radius 1 is 1.36 bits per heavy atom. The highest BCUT2D eigenvalue weighted by atomic mass is 19.1. The molecule has 2 N–H and O–H groups in total. The minimum absolute atomic E-state index is 0.117. The van der Waals surface area contributed by atoms with Crippen LogP contribution >= 0.6 is 0 Å². The van der Waals surface area contributed by atoms with Crippen LogP contribution in [0.3, 0.4) is 0 Å². The van der Waals surface area contributed by atoms with Crippen molar-refractivity contribution >= 4 is 17.6 Å². The monoisotopic (exact) mass is 311 g/mol. The minimum atomic E-state index is -1.12. The van der Waals surface area contributed by atoms with E-state index in [1.54, 1.807) is 7.05 Å². The number of nitrogens with zero attached hydrogens (tertiary/aromatic N) is 2. The summed E-state index contributed by atoms with van der Waals surface area (Å²) in [5, 5.41) is 12.2. The molecule has 6 nitrogen and oxygen atoms in total. The summed E-state index contributed by atoms with van der Waals surface area (Å²) in [6.45, 7) is 0.467. The molecule has 1 aromatic carbocycles. The van der Waals surface area contributed by atoms with Gasteiger partial charge in [-0.1, -0.05) is 0 Å². The van der Waals surface area contributed by atoms with Crippen molar-refractivity contribution in [3.63, 3.8) is 0 Å². The maximum Gasteiger partial charge on any atom is 0.322 e. The molecule has 0 radical (unpaired) electrons. The van der Waals surface area contributed by atoms with E-state index in [0.29, 0.717) is 6.07 Å². The Labute approximate surface area is 125 Å². The maximum absolute atomic E-state index is 13.5. The summed E-state index contributed by atoms with van der Waals surface area (Å²) >= 11 is 0. The number of fused-ring (bicyclic) bond motifs is 1. The van der Waals surface area contributed by atoms with Gasteiger partial charge in [0.05, 0.1) is 11.7 Å². The van der Waals surface area contributed by atoms with E-state index in [1.165, 1.54) is 9.80 Å². The highest BCUT2D eigenvalue weighted by molar-refractivity contribution is 5.90. The van der Waals surface area contributed by atoms with E-state index in [4.69, 9.17) is 0 Å². The zero-order valence-electron chi connectivity index (χ0n) is 11.8. The number of amides is 3. The summed E-state index contributed by atoms with van der Waals surface area (Å²) in [5.74, 6) is -2.28. The third-order valence-electron chi connectivity index (χ3n) is 4.30. The smallest absolute Gasteiger partial charge is 0.322 e. The van der Waals surface area contributed by atoms with Gasteiger partial charge in [0.15, 0.2) is 0 Å². The highest BCUT2D eigenvalue weighted by Crippen LogP contribution is 2.32. The van der Waals surface area contributed by atoms with Gasteiger partial charge in [0.1, 0.15) is 17.7 Å². The Balaban J connectivity index is 1.69. The molecular weight excluding hydrogens is 296 g/mol. The fraction of sp³-hybridized carbons (Fsp3) is 0.429. The quantitative estimate of drug-likeness (QED) is 0.799. The van der Waals surface area contributed by atoms with Crippen molar-refractivity contribution < 1.29 is 23.5 Å². The molecule has 22 heavy (non-hydrogen) atoms. The maximum atomic E-state index is 13.5. The lowest BCUT2D eigenvalue weighted by Crippen LogP contribution is -2.40. The molecule has 118 valence electrons. The van der Waals surface area contributed by atoms with Gasteiger partial charge in [0.2, 0.25) is 0 Å². The summed E-state index contributed by atoms with van der Waals surface area (Å²) in [6.07, 6.45) is -1.12. The van der Waals surface area contributed by atoms with E-state index >= 15 is 0 Å². The van der Waals surface area contributed by atoms with E-state index in [9.17, 15) is 23.5 Å². The van der Waals surface area contributed by atoms with Crippen molar-refractivity contribution in [2.24, 2.45) is 5.92 Å². The second-order valence-corrected chi connectivity index (χ2v) is 5.58. The van der Waals surface area contributed by atoms with Crippen molar-refractivity contribution in [2.45, 2.75) is 12.1 Å². The first-order chi connectivity index (χ1) is 10.4. The third kappa shape index (κ3) is 2.29. The van der Waals surface area contributed by atoms with Crippen LogP contribution in [0.4, 0.5) is 19.3 Å². The Kier molecular flexibility index (Phi) is 3.48. The molecule has 3 amide bonds. The number of nitrogens with one attached hydrogen (secondary N) is 1. The van der Waals surface area contributed by atoms with Gasteiger partial charge in [-0.15, -0.1) is 0 Å². The summed E-state index contributed by atoms with van der Waals surface area (Å²) in [4.78, 5) is 26.6. The van der Waals surface area contributed by atoms with E-state index < -0.39 is 23.8 Å². The average Bonchev–Trinajstić information content (AvgIpc) is 2.99. The zero-order valence-corrected chi connectivity index (χ0v) is 11.8. The second-order valence-electron chi connectivity index (χ2n) is 5.58. The van der Waals surface area contributed by atoms with Gasteiger partial charge in [-0.3, -0.25) is 4.79 Å². The molecule has 1 aromatic rings. The summed E-state index contributed by atoms with van der Waals surface area (Å²) in [6, 6.07) is 2.08. The Bertz CT molecular complexity index is 620. The van der Waals surface area contributed by atoms with Gasteiger partial charge in [0.25, 0.3) is 5.91 Å². The molecule has 2 fully saturated rings. The molecule has 0 unspecified atom stereocenters. The predicted molar refractivity (Wildman–Crippen MR) is 73.0 cm³/mol. The fourth-order valence-electron chi connectivity index (χ4n) is 3.04. The van der Waals surface area contributed by atoms with Crippen LogP contribution in [0.1, 0.15) is 0 Å². The molecule has 2 saturated heterocycles. The predicted octanol–water partition coefficient (Wildman–Crippen LogP) is 0.630. The highest BCUT2D eigenvalue weighted by Gasteiger charge is 2.51. The van der Waals surface area contributed by atoms with E-state index in [1.807, 2.05) is 0 Å². The number of anilines is 1. The van der Waals surface area contributed by atoms with Crippen molar-refractivity contribution in [3.05, 3.63) is 29.8 Å². The van der Waals surface area contributed by atoms with E-state index in [2.05, 4.69) is 5.32 Å². The SMILES string of the molecule is CN1C(=O)[C@@H](O)[C@H]2CN(C(=O)Nc3ccc(F)cc3F)C[C@H]21. The first-order valence-electron chi connectivity index (χ1n) is 6.84. The molecule has 0 aliphatic carbocycles. The molecular formula is C14H15F2N3O3. The van der Waals surface area contributed by atoms with Crippen LogP contribution in [0.25, 0.3) is 0 Å². The van der Waals surface area contributed by atoms with Gasteiger partial charge in [-0.2, -0.15) is 0 Å². The lowest BCUT2D eigenvalue weighted by atomic mass is 10.0. The minimum Gasteiger partial charge on any atom is -0.383 e. The van der Waals surface area contributed by atoms with Crippen molar-refractivity contribution in [1.29, 1.82) is 0 Å². The van der Waals surface area contributed by atoms with Crippen molar-refractivity contribution in [3.8, 4) is 0 Å². The standard InChI is InChI=1S/C14H15F2N3O3/c1-18-11-6-19(5-8(11)12(20)13(18)21)14(22)17-10-3-2-7(15)4-9(10)16/h2-4,8,11-12,20H,5-6H2,1H3,(H,17,22)/t8-,11+,12-/m0/s1. The molecule has 0 spiro atoms. The van der Waals surface area contributed by atoms with Crippen molar-refractivity contribution in [1.82, 2.24) is 9.80 Å². The second kappa shape index (κ2) is 5.20. The van der Waals surface area contributed by atoms with Crippen LogP contribution in [0, 0.1) is 17.6 Å². The van der Waals surface area contributed by atoms with Gasteiger partial charge in [-0.05, 0) is 12.1 Å². The molecule has 3 rings (SSSR count). The van der Waals surface area contributed by atoms with Gasteiger partial charge < -0.3 is 20.2 Å². The number of aliphatic hydroxyl groups excluding tert-OH is 1. The van der Waals surface area contributed by atoms with Crippen molar-refractivity contribution in [2.75, 3.05) is 25.5 Å². The number of rotatable bonds is 1. The number of halogens is 2. The van der Waals surface area contributed by atoms with Crippen LogP contribution in [0.2, 0.25) is 0 Å². The van der Waals surface area contributed by atoms with Gasteiger partial charge in [-0.25, -0.2) is 13.6 Å². The molecule has 2 aliphatic heterocycles. The molecule has 0 bridgehead atoms. The number of aliphatic hydroxyl groups is 1. The topological polar surface area (TPSA) is 72.9 Å². The molecule has 3 atom stereocenters. The zero-order chi connectivity index (χ0) is 16.0. The molecule has 2 heterocycles. The molecule has 8 heteroatoms. The summed E-state index contributed by atoms with van der Waals surface area (Å²) in [5.41, 5.74) is -0.117. The van der Waals surface area contributed by atoms with Crippen LogP contribution in [0.15, 0.2) is 18.2 Å². The third-order valence-corrected chi connectivity index (χ3v) is 4.30. The number of carbonyl (C=O) groups is 2. The van der Waals surface area contributed by atoms with Gasteiger partial charge >= 0.3 is 6.03 Å². The molecule has 0 saturated carbocycles. The number of urea groups is 1. The Morgan fingerprint density at radius 3 is 2.73 bits per heavy atom. The van der Waals surface area contributed by atoms with Gasteiger partial charge in [0, 0.05) is 32.1 Å². The van der Waals surface area contributed by atoms with E-state index in [0.717, 1.165) is 12.1 Å². The fourth-order valence-corrected chi connectivity index (χ4v) is 3.04. The Morgan fingerprint density at radius 2 is 2.09 bits per heavy atom. The molecule has 0 aromatic heterocycles. The lowest BCUT2D eigenvalue weighted by molar-refractivity contribution is -0.135. The number of carbonyl (C=O) groups excluding carboxylic acids is 2. The first-order valence-corrected chi connectivity index (χ1v) is 6.84. The van der Waals surface area contributed by atoms with Crippen LogP contribution in [0.5, 0.6) is 0 Å². The number of hydrogen-bond acceptors (Lipinski definition) is 3. The number of hydrogen-bond donors (Lipinski definition) is 2. The van der Waals surface area contributed by atoms with Crippen LogP contribution in [-0.2, 0) is 4.79 Å². The van der Waals surface area contributed by atoms with Crippen LogP contribution < -0.4 is 5.32 Å². The number of likely N-dealkylation sites (N-methyl/N-ethyl adjacent to an activating group) is 1. The van der Waals surface area contributed by atoms with E-state index in [-0.39, 0.29) is 36.6 Å². The largest absolute Gasteiger partial charge is 0.383 e. The number of likely N-dealkylation sites (tertiary alicyclic amines) is 2. The van der Waals surface area contributed by atoms with Crippen LogP contribution in [-0.4, -0.2) is 59.1 Å². The Hall–Kier alpha value is -2.22.